The normalized spacial score (nSPS) is 14.8. The summed E-state index contributed by atoms with van der Waals surface area (Å²) in [7, 11) is 0. The largest absolute Gasteiger partial charge is 0.378 e. The lowest BCUT2D eigenvalue weighted by molar-refractivity contribution is 0.0999. The molecule has 1 amide bonds. The minimum absolute atomic E-state index is 0.458. The van der Waals surface area contributed by atoms with Gasteiger partial charge in [-0.3, -0.25) is 9.78 Å². The predicted octanol–water partition coefficient (Wildman–Crippen LogP) is 1.00. The van der Waals surface area contributed by atoms with Gasteiger partial charge in [0.2, 0.25) is 0 Å². The fourth-order valence-electron chi connectivity index (χ4n) is 2.61. The van der Waals surface area contributed by atoms with Crippen molar-refractivity contribution >= 4 is 11.7 Å². The standard InChI is InChI=1S/C16H18N4O2/c17-15(21)13-4-2-5-18-14(13)11-12-3-1-6-19-16(12)20-7-9-22-10-8-20/h1-6H,7-11H2,(H2,17,21). The Morgan fingerprint density at radius 1 is 1.18 bits per heavy atom. The maximum absolute atomic E-state index is 11.5. The second-order valence-electron chi connectivity index (χ2n) is 5.12. The van der Waals surface area contributed by atoms with E-state index < -0.39 is 5.91 Å². The molecule has 0 aromatic carbocycles. The lowest BCUT2D eigenvalue weighted by Gasteiger charge is -2.29. The van der Waals surface area contributed by atoms with Crippen LogP contribution in [-0.2, 0) is 11.2 Å². The Morgan fingerprint density at radius 2 is 1.91 bits per heavy atom. The Labute approximate surface area is 128 Å². The molecule has 2 N–H and O–H groups in total. The number of nitrogens with zero attached hydrogens (tertiary/aromatic N) is 3. The van der Waals surface area contributed by atoms with Gasteiger partial charge in [-0.1, -0.05) is 6.07 Å². The Hall–Kier alpha value is -2.47. The van der Waals surface area contributed by atoms with Gasteiger partial charge >= 0.3 is 0 Å². The van der Waals surface area contributed by atoms with Gasteiger partial charge in [0.1, 0.15) is 5.82 Å². The Balaban J connectivity index is 1.91. The first-order chi connectivity index (χ1) is 10.8. The number of rotatable bonds is 4. The number of primary amides is 1. The van der Waals surface area contributed by atoms with Crippen molar-refractivity contribution in [2.45, 2.75) is 6.42 Å². The lowest BCUT2D eigenvalue weighted by atomic mass is 10.0. The number of carbonyl (C=O) groups is 1. The van der Waals surface area contributed by atoms with Crippen LogP contribution >= 0.6 is 0 Å². The molecule has 6 heteroatoms. The van der Waals surface area contributed by atoms with Gasteiger partial charge in [-0.2, -0.15) is 0 Å². The van der Waals surface area contributed by atoms with Crippen molar-refractivity contribution in [1.82, 2.24) is 9.97 Å². The van der Waals surface area contributed by atoms with Crippen LogP contribution in [0.3, 0.4) is 0 Å². The van der Waals surface area contributed by atoms with Gasteiger partial charge in [-0.25, -0.2) is 4.98 Å². The van der Waals surface area contributed by atoms with E-state index in [2.05, 4.69) is 14.9 Å². The zero-order valence-corrected chi connectivity index (χ0v) is 12.2. The van der Waals surface area contributed by atoms with E-state index in [0.717, 1.165) is 24.5 Å². The van der Waals surface area contributed by atoms with E-state index in [9.17, 15) is 4.79 Å². The van der Waals surface area contributed by atoms with Crippen LogP contribution in [0.4, 0.5) is 5.82 Å². The fourth-order valence-corrected chi connectivity index (χ4v) is 2.61. The van der Waals surface area contributed by atoms with E-state index in [0.29, 0.717) is 30.9 Å². The van der Waals surface area contributed by atoms with Gasteiger partial charge in [0.15, 0.2) is 0 Å². The molecule has 0 atom stereocenters. The first-order valence-corrected chi connectivity index (χ1v) is 7.26. The molecular formula is C16H18N4O2. The van der Waals surface area contributed by atoms with Gasteiger partial charge < -0.3 is 15.4 Å². The number of amides is 1. The average molecular weight is 298 g/mol. The zero-order chi connectivity index (χ0) is 15.4. The first kappa shape index (κ1) is 14.5. The van der Waals surface area contributed by atoms with Crippen molar-refractivity contribution in [3.05, 3.63) is 53.5 Å². The Kier molecular flexibility index (Phi) is 4.29. The number of hydrogen-bond donors (Lipinski definition) is 1. The number of anilines is 1. The van der Waals surface area contributed by atoms with Crippen LogP contribution in [0, 0.1) is 0 Å². The molecule has 0 spiro atoms. The minimum Gasteiger partial charge on any atom is -0.378 e. The van der Waals surface area contributed by atoms with Crippen molar-refractivity contribution in [3.63, 3.8) is 0 Å². The molecule has 3 heterocycles. The summed E-state index contributed by atoms with van der Waals surface area (Å²) in [4.78, 5) is 22.5. The van der Waals surface area contributed by atoms with Gasteiger partial charge in [0.25, 0.3) is 5.91 Å². The molecule has 3 rings (SSSR count). The van der Waals surface area contributed by atoms with Gasteiger partial charge in [0.05, 0.1) is 24.5 Å². The molecule has 0 bridgehead atoms. The summed E-state index contributed by atoms with van der Waals surface area (Å²) in [6.07, 6.45) is 3.98. The number of morpholine rings is 1. The van der Waals surface area contributed by atoms with E-state index in [1.807, 2.05) is 12.1 Å². The van der Waals surface area contributed by atoms with Crippen LogP contribution in [0.25, 0.3) is 0 Å². The number of carbonyl (C=O) groups excluding carboxylic acids is 1. The number of pyridine rings is 2. The second kappa shape index (κ2) is 6.53. The number of aromatic nitrogens is 2. The third-order valence-corrected chi connectivity index (χ3v) is 3.69. The highest BCUT2D eigenvalue weighted by molar-refractivity contribution is 5.93. The molecule has 0 radical (unpaired) electrons. The molecule has 1 fully saturated rings. The molecule has 2 aromatic rings. The molecule has 0 aliphatic carbocycles. The van der Waals surface area contributed by atoms with E-state index in [1.165, 1.54) is 0 Å². The Morgan fingerprint density at radius 3 is 2.68 bits per heavy atom. The van der Waals surface area contributed by atoms with Crippen molar-refractivity contribution < 1.29 is 9.53 Å². The van der Waals surface area contributed by atoms with Crippen LogP contribution < -0.4 is 10.6 Å². The topological polar surface area (TPSA) is 81.3 Å². The lowest BCUT2D eigenvalue weighted by Crippen LogP contribution is -2.37. The minimum atomic E-state index is -0.458. The van der Waals surface area contributed by atoms with Gasteiger partial charge in [0, 0.05) is 37.5 Å². The third-order valence-electron chi connectivity index (χ3n) is 3.69. The molecule has 2 aromatic heterocycles. The van der Waals surface area contributed by atoms with Crippen LogP contribution in [0.2, 0.25) is 0 Å². The fraction of sp³-hybridized carbons (Fsp3) is 0.312. The Bertz CT molecular complexity index is 669. The van der Waals surface area contributed by atoms with E-state index in [-0.39, 0.29) is 0 Å². The highest BCUT2D eigenvalue weighted by atomic mass is 16.5. The monoisotopic (exact) mass is 298 g/mol. The summed E-state index contributed by atoms with van der Waals surface area (Å²) < 4.78 is 5.39. The SMILES string of the molecule is NC(=O)c1cccnc1Cc1cccnc1N1CCOCC1. The summed E-state index contributed by atoms with van der Waals surface area (Å²) in [5.41, 5.74) is 7.60. The molecule has 114 valence electrons. The number of ether oxygens (including phenoxy) is 1. The van der Waals surface area contributed by atoms with E-state index in [1.54, 1.807) is 24.5 Å². The highest BCUT2D eigenvalue weighted by Gasteiger charge is 2.17. The molecule has 22 heavy (non-hydrogen) atoms. The highest BCUT2D eigenvalue weighted by Crippen LogP contribution is 2.22. The molecular weight excluding hydrogens is 280 g/mol. The predicted molar refractivity (Wildman–Crippen MR) is 82.8 cm³/mol. The molecule has 0 unspecified atom stereocenters. The molecule has 6 nitrogen and oxygen atoms in total. The summed E-state index contributed by atoms with van der Waals surface area (Å²) in [6, 6.07) is 7.33. The molecule has 1 aliphatic rings. The average Bonchev–Trinajstić information content (AvgIpc) is 2.56. The second-order valence-corrected chi connectivity index (χ2v) is 5.12. The van der Waals surface area contributed by atoms with Crippen molar-refractivity contribution in [2.24, 2.45) is 5.73 Å². The maximum atomic E-state index is 11.5. The quantitative estimate of drug-likeness (QED) is 0.911. The first-order valence-electron chi connectivity index (χ1n) is 7.26. The third kappa shape index (κ3) is 3.07. The summed E-state index contributed by atoms with van der Waals surface area (Å²) >= 11 is 0. The van der Waals surface area contributed by atoms with Crippen LogP contribution in [-0.4, -0.2) is 42.2 Å². The molecule has 0 saturated carbocycles. The molecule has 1 saturated heterocycles. The van der Waals surface area contributed by atoms with Crippen molar-refractivity contribution in [2.75, 3.05) is 31.2 Å². The summed E-state index contributed by atoms with van der Waals surface area (Å²) in [5.74, 6) is 0.465. The van der Waals surface area contributed by atoms with Crippen molar-refractivity contribution in [1.29, 1.82) is 0 Å². The van der Waals surface area contributed by atoms with Gasteiger partial charge in [-0.15, -0.1) is 0 Å². The molecule has 1 aliphatic heterocycles. The summed E-state index contributed by atoms with van der Waals surface area (Å²) in [6.45, 7) is 3.03. The van der Waals surface area contributed by atoms with Crippen LogP contribution in [0.1, 0.15) is 21.6 Å². The van der Waals surface area contributed by atoms with E-state index in [4.69, 9.17) is 10.5 Å². The van der Waals surface area contributed by atoms with Gasteiger partial charge in [-0.05, 0) is 18.2 Å². The zero-order valence-electron chi connectivity index (χ0n) is 12.2. The maximum Gasteiger partial charge on any atom is 0.250 e. The number of hydrogen-bond acceptors (Lipinski definition) is 5. The van der Waals surface area contributed by atoms with Crippen molar-refractivity contribution in [3.8, 4) is 0 Å². The van der Waals surface area contributed by atoms with Crippen LogP contribution in [0.5, 0.6) is 0 Å². The van der Waals surface area contributed by atoms with Crippen LogP contribution in [0.15, 0.2) is 36.7 Å². The van der Waals surface area contributed by atoms with E-state index >= 15 is 0 Å². The summed E-state index contributed by atoms with van der Waals surface area (Å²) in [5, 5.41) is 0. The smallest absolute Gasteiger partial charge is 0.250 e. The number of nitrogens with two attached hydrogens (primary N) is 1.